The molecule has 1 heteroatoms. The SMILES string of the molecule is CCCCCC1CCC(c2ccc(-c3ccc(C(C)=O)cc3)cc2)C1. The number of benzene rings is 2. The number of hydrogen-bond acceptors (Lipinski definition) is 1. The number of hydrogen-bond donors (Lipinski definition) is 0. The molecule has 2 aromatic rings. The van der Waals surface area contributed by atoms with E-state index in [2.05, 4.69) is 31.2 Å². The first-order valence-electron chi connectivity index (χ1n) is 9.88. The molecule has 1 fully saturated rings. The molecule has 0 heterocycles. The molecule has 3 rings (SSSR count). The van der Waals surface area contributed by atoms with Crippen LogP contribution in [0.2, 0.25) is 0 Å². The van der Waals surface area contributed by atoms with Crippen molar-refractivity contribution < 1.29 is 4.79 Å². The molecule has 2 atom stereocenters. The van der Waals surface area contributed by atoms with E-state index < -0.39 is 0 Å². The molecule has 0 aliphatic heterocycles. The van der Waals surface area contributed by atoms with E-state index >= 15 is 0 Å². The summed E-state index contributed by atoms with van der Waals surface area (Å²) in [6.07, 6.45) is 9.67. The van der Waals surface area contributed by atoms with E-state index in [0.29, 0.717) is 0 Å². The van der Waals surface area contributed by atoms with Crippen LogP contribution in [0.3, 0.4) is 0 Å². The van der Waals surface area contributed by atoms with Crippen molar-refractivity contribution in [2.75, 3.05) is 0 Å². The second-order valence-electron chi connectivity index (χ2n) is 7.63. The second kappa shape index (κ2) is 8.47. The van der Waals surface area contributed by atoms with E-state index in [0.717, 1.165) is 17.4 Å². The Morgan fingerprint density at radius 2 is 1.56 bits per heavy atom. The van der Waals surface area contributed by atoms with Gasteiger partial charge in [-0.2, -0.15) is 0 Å². The van der Waals surface area contributed by atoms with Crippen LogP contribution in [0.15, 0.2) is 48.5 Å². The Hall–Kier alpha value is -1.89. The smallest absolute Gasteiger partial charge is 0.159 e. The average Bonchev–Trinajstić information content (AvgIpc) is 3.11. The first kappa shape index (κ1) is 17.9. The third-order valence-corrected chi connectivity index (χ3v) is 5.76. The highest BCUT2D eigenvalue weighted by atomic mass is 16.1. The fourth-order valence-electron chi connectivity index (χ4n) is 4.17. The number of rotatable bonds is 7. The Morgan fingerprint density at radius 3 is 2.16 bits per heavy atom. The molecule has 2 unspecified atom stereocenters. The summed E-state index contributed by atoms with van der Waals surface area (Å²) < 4.78 is 0. The largest absolute Gasteiger partial charge is 0.295 e. The van der Waals surface area contributed by atoms with E-state index in [1.165, 1.54) is 61.6 Å². The summed E-state index contributed by atoms with van der Waals surface area (Å²) in [5, 5.41) is 0. The quantitative estimate of drug-likeness (QED) is 0.393. The fraction of sp³-hybridized carbons (Fsp3) is 0.458. The molecule has 1 saturated carbocycles. The Morgan fingerprint density at radius 1 is 0.920 bits per heavy atom. The zero-order valence-electron chi connectivity index (χ0n) is 15.6. The van der Waals surface area contributed by atoms with E-state index in [9.17, 15) is 4.79 Å². The van der Waals surface area contributed by atoms with E-state index in [4.69, 9.17) is 0 Å². The van der Waals surface area contributed by atoms with Crippen molar-refractivity contribution in [2.24, 2.45) is 5.92 Å². The molecule has 2 aromatic carbocycles. The molecule has 25 heavy (non-hydrogen) atoms. The van der Waals surface area contributed by atoms with Crippen molar-refractivity contribution in [3.05, 3.63) is 59.7 Å². The maximum atomic E-state index is 11.4. The van der Waals surface area contributed by atoms with Gasteiger partial charge in [0.25, 0.3) is 0 Å². The van der Waals surface area contributed by atoms with Crippen LogP contribution in [-0.4, -0.2) is 5.78 Å². The van der Waals surface area contributed by atoms with Gasteiger partial charge >= 0.3 is 0 Å². The standard InChI is InChI=1S/C24H30O/c1-3-4-5-6-19-7-8-24(17-19)23-15-13-22(14-16-23)21-11-9-20(10-12-21)18(2)25/h9-16,19,24H,3-8,17H2,1-2H3. The van der Waals surface area contributed by atoms with E-state index in [1.54, 1.807) is 6.92 Å². The van der Waals surface area contributed by atoms with Gasteiger partial charge in [0.15, 0.2) is 5.78 Å². The average molecular weight is 335 g/mol. The predicted octanol–water partition coefficient (Wildman–Crippen LogP) is 7.02. The van der Waals surface area contributed by atoms with Crippen LogP contribution >= 0.6 is 0 Å². The minimum absolute atomic E-state index is 0.122. The maximum Gasteiger partial charge on any atom is 0.159 e. The summed E-state index contributed by atoms with van der Waals surface area (Å²) in [6, 6.07) is 17.0. The molecular formula is C24H30O. The fourth-order valence-corrected chi connectivity index (χ4v) is 4.17. The Kier molecular flexibility index (Phi) is 6.07. The maximum absolute atomic E-state index is 11.4. The predicted molar refractivity (Wildman–Crippen MR) is 106 cm³/mol. The molecule has 0 bridgehead atoms. The van der Waals surface area contributed by atoms with Gasteiger partial charge in [0.05, 0.1) is 0 Å². The molecule has 0 spiro atoms. The summed E-state index contributed by atoms with van der Waals surface area (Å²) in [5.74, 6) is 1.81. The molecular weight excluding hydrogens is 304 g/mol. The Balaban J connectivity index is 1.61. The summed E-state index contributed by atoms with van der Waals surface area (Å²) in [4.78, 5) is 11.4. The van der Waals surface area contributed by atoms with E-state index in [1.807, 2.05) is 24.3 Å². The van der Waals surface area contributed by atoms with Crippen molar-refractivity contribution in [1.82, 2.24) is 0 Å². The lowest BCUT2D eigenvalue weighted by atomic mass is 9.92. The summed E-state index contributed by atoms with van der Waals surface area (Å²) >= 11 is 0. The minimum atomic E-state index is 0.122. The minimum Gasteiger partial charge on any atom is -0.295 e. The lowest BCUT2D eigenvalue weighted by Gasteiger charge is -2.13. The lowest BCUT2D eigenvalue weighted by Crippen LogP contribution is -1.96. The zero-order valence-corrected chi connectivity index (χ0v) is 15.6. The van der Waals surface area contributed by atoms with Crippen LogP contribution in [-0.2, 0) is 0 Å². The van der Waals surface area contributed by atoms with Gasteiger partial charge < -0.3 is 0 Å². The summed E-state index contributed by atoms with van der Waals surface area (Å²) in [6.45, 7) is 3.90. The van der Waals surface area contributed by atoms with Gasteiger partial charge in [0.1, 0.15) is 0 Å². The molecule has 1 aliphatic carbocycles. The number of carbonyl (C=O) groups is 1. The van der Waals surface area contributed by atoms with Crippen LogP contribution in [0, 0.1) is 5.92 Å². The monoisotopic (exact) mass is 334 g/mol. The third kappa shape index (κ3) is 4.60. The number of unbranched alkanes of at least 4 members (excludes halogenated alkanes) is 2. The Labute approximate surface area is 152 Å². The zero-order chi connectivity index (χ0) is 17.6. The molecule has 0 saturated heterocycles. The molecule has 0 aromatic heterocycles. The van der Waals surface area contributed by atoms with Crippen LogP contribution in [0.1, 0.15) is 80.6 Å². The lowest BCUT2D eigenvalue weighted by molar-refractivity contribution is 0.101. The first-order valence-corrected chi connectivity index (χ1v) is 9.88. The third-order valence-electron chi connectivity index (χ3n) is 5.76. The summed E-state index contributed by atoms with van der Waals surface area (Å²) in [5.41, 5.74) is 4.69. The van der Waals surface area contributed by atoms with Crippen LogP contribution in [0.25, 0.3) is 11.1 Å². The van der Waals surface area contributed by atoms with Gasteiger partial charge in [-0.15, -0.1) is 0 Å². The number of ketones is 1. The molecule has 132 valence electrons. The van der Waals surface area contributed by atoms with Crippen molar-refractivity contribution in [1.29, 1.82) is 0 Å². The normalized spacial score (nSPS) is 19.9. The van der Waals surface area contributed by atoms with Gasteiger partial charge in [-0.05, 0) is 54.7 Å². The van der Waals surface area contributed by atoms with Gasteiger partial charge in [0.2, 0.25) is 0 Å². The number of carbonyl (C=O) groups excluding carboxylic acids is 1. The Bertz CT molecular complexity index is 681. The van der Waals surface area contributed by atoms with Gasteiger partial charge in [-0.1, -0.05) is 81.1 Å². The van der Waals surface area contributed by atoms with E-state index in [-0.39, 0.29) is 5.78 Å². The highest BCUT2D eigenvalue weighted by Gasteiger charge is 2.25. The molecule has 0 N–H and O–H groups in total. The topological polar surface area (TPSA) is 17.1 Å². The molecule has 1 nitrogen and oxygen atoms in total. The highest BCUT2D eigenvalue weighted by Crippen LogP contribution is 2.40. The van der Waals surface area contributed by atoms with Crippen molar-refractivity contribution in [3.63, 3.8) is 0 Å². The molecule has 1 aliphatic rings. The molecule has 0 radical (unpaired) electrons. The van der Waals surface area contributed by atoms with Crippen molar-refractivity contribution in [2.45, 2.75) is 64.7 Å². The van der Waals surface area contributed by atoms with Gasteiger partial charge in [-0.25, -0.2) is 0 Å². The van der Waals surface area contributed by atoms with Crippen LogP contribution in [0.5, 0.6) is 0 Å². The van der Waals surface area contributed by atoms with Crippen LogP contribution in [0.4, 0.5) is 0 Å². The second-order valence-corrected chi connectivity index (χ2v) is 7.63. The van der Waals surface area contributed by atoms with Crippen molar-refractivity contribution in [3.8, 4) is 11.1 Å². The van der Waals surface area contributed by atoms with Crippen LogP contribution < -0.4 is 0 Å². The van der Waals surface area contributed by atoms with Gasteiger partial charge in [0, 0.05) is 5.56 Å². The highest BCUT2D eigenvalue weighted by molar-refractivity contribution is 5.94. The first-order chi connectivity index (χ1) is 12.2. The molecule has 0 amide bonds. The van der Waals surface area contributed by atoms with Gasteiger partial charge in [-0.3, -0.25) is 4.79 Å². The summed E-state index contributed by atoms with van der Waals surface area (Å²) in [7, 11) is 0. The van der Waals surface area contributed by atoms with Crippen molar-refractivity contribution >= 4 is 5.78 Å². The number of Topliss-reactive ketones (excluding diaryl/α,β-unsaturated/α-hetero) is 1.